The molecule has 1 heterocycles. The van der Waals surface area contributed by atoms with Gasteiger partial charge in [0.15, 0.2) is 4.34 Å². The number of carbonyl (C=O) groups is 1. The summed E-state index contributed by atoms with van der Waals surface area (Å²) in [5.74, 6) is -0.220. The molecule has 0 spiro atoms. The molecule has 1 aromatic heterocycles. The fourth-order valence-corrected chi connectivity index (χ4v) is 2.40. The van der Waals surface area contributed by atoms with E-state index >= 15 is 0 Å². The van der Waals surface area contributed by atoms with Crippen LogP contribution < -0.4 is 0 Å². The third-order valence-electron chi connectivity index (χ3n) is 1.36. The molecular weight excluding hydrogens is 232 g/mol. The highest BCUT2D eigenvalue weighted by Crippen LogP contribution is 2.25. The molecule has 0 amide bonds. The number of carbonyl (C=O) groups excluding carboxylic acids is 1. The Morgan fingerprint density at radius 3 is 2.73 bits per heavy atom. The van der Waals surface area contributed by atoms with Crippen molar-refractivity contribution in [2.45, 2.75) is 42.9 Å². The van der Waals surface area contributed by atoms with E-state index in [1.807, 2.05) is 20.8 Å². The highest BCUT2D eigenvalue weighted by Gasteiger charge is 2.23. The van der Waals surface area contributed by atoms with Crippen molar-refractivity contribution >= 4 is 29.1 Å². The van der Waals surface area contributed by atoms with Gasteiger partial charge in [0, 0.05) is 0 Å². The standard InChI is InChI=1S/C9H14N2O2S2/c1-6(7(12)13-9(2,3)4)15-8-11-10-5-14-8/h5-6H,1-4H3. The molecule has 0 N–H and O–H groups in total. The second kappa shape index (κ2) is 4.94. The molecule has 0 radical (unpaired) electrons. The number of aromatic nitrogens is 2. The van der Waals surface area contributed by atoms with Gasteiger partial charge in [-0.3, -0.25) is 4.79 Å². The van der Waals surface area contributed by atoms with Crippen LogP contribution in [0.4, 0.5) is 0 Å². The van der Waals surface area contributed by atoms with Crippen LogP contribution in [-0.4, -0.2) is 27.0 Å². The predicted molar refractivity (Wildman–Crippen MR) is 61.1 cm³/mol. The Hall–Kier alpha value is -0.620. The number of nitrogens with zero attached hydrogens (tertiary/aromatic N) is 2. The molecule has 1 rings (SSSR count). The largest absolute Gasteiger partial charge is 0.459 e. The molecule has 0 bridgehead atoms. The molecule has 15 heavy (non-hydrogen) atoms. The number of ether oxygens (including phenoxy) is 1. The summed E-state index contributed by atoms with van der Waals surface area (Å²) < 4.78 is 6.03. The van der Waals surface area contributed by atoms with E-state index in [-0.39, 0.29) is 11.2 Å². The van der Waals surface area contributed by atoms with Crippen LogP contribution in [-0.2, 0) is 9.53 Å². The van der Waals surface area contributed by atoms with Crippen molar-refractivity contribution in [3.63, 3.8) is 0 Å². The fourth-order valence-electron chi connectivity index (χ4n) is 0.798. The molecule has 0 saturated carbocycles. The van der Waals surface area contributed by atoms with E-state index in [2.05, 4.69) is 10.2 Å². The number of thioether (sulfide) groups is 1. The highest BCUT2D eigenvalue weighted by atomic mass is 32.2. The molecular formula is C9H14N2O2S2. The quantitative estimate of drug-likeness (QED) is 0.605. The molecule has 0 aromatic carbocycles. The first-order chi connectivity index (χ1) is 6.88. The van der Waals surface area contributed by atoms with E-state index < -0.39 is 5.60 Å². The summed E-state index contributed by atoms with van der Waals surface area (Å²) in [6, 6.07) is 0. The lowest BCUT2D eigenvalue weighted by molar-refractivity contribution is -0.153. The molecule has 84 valence electrons. The molecule has 0 aliphatic rings. The van der Waals surface area contributed by atoms with Crippen LogP contribution >= 0.6 is 23.1 Å². The smallest absolute Gasteiger partial charge is 0.319 e. The lowest BCUT2D eigenvalue weighted by Crippen LogP contribution is -2.28. The topological polar surface area (TPSA) is 52.1 Å². The van der Waals surface area contributed by atoms with Crippen LogP contribution in [0.5, 0.6) is 0 Å². The summed E-state index contributed by atoms with van der Waals surface area (Å²) in [5.41, 5.74) is 1.21. The minimum atomic E-state index is -0.437. The summed E-state index contributed by atoms with van der Waals surface area (Å²) in [6.07, 6.45) is 0. The number of esters is 1. The molecule has 0 aliphatic carbocycles. The summed E-state index contributed by atoms with van der Waals surface area (Å²) in [5, 5.41) is 7.31. The highest BCUT2D eigenvalue weighted by molar-refractivity contribution is 8.02. The van der Waals surface area contributed by atoms with Crippen molar-refractivity contribution in [2.24, 2.45) is 0 Å². The van der Waals surface area contributed by atoms with Gasteiger partial charge in [0.25, 0.3) is 0 Å². The van der Waals surface area contributed by atoms with E-state index in [4.69, 9.17) is 4.74 Å². The first-order valence-electron chi connectivity index (χ1n) is 4.54. The zero-order valence-electron chi connectivity index (χ0n) is 9.18. The van der Waals surface area contributed by atoms with Gasteiger partial charge in [0.2, 0.25) is 0 Å². The van der Waals surface area contributed by atoms with Gasteiger partial charge in [0.05, 0.1) is 0 Å². The molecule has 1 atom stereocenters. The SMILES string of the molecule is CC(Sc1nncs1)C(=O)OC(C)(C)C. The van der Waals surface area contributed by atoms with Gasteiger partial charge in [-0.25, -0.2) is 0 Å². The van der Waals surface area contributed by atoms with Crippen molar-refractivity contribution in [1.29, 1.82) is 0 Å². The first kappa shape index (κ1) is 12.4. The van der Waals surface area contributed by atoms with Gasteiger partial charge in [-0.2, -0.15) is 0 Å². The van der Waals surface area contributed by atoms with Crippen molar-refractivity contribution in [3.05, 3.63) is 5.51 Å². The maximum absolute atomic E-state index is 11.6. The Kier molecular flexibility index (Phi) is 4.10. The van der Waals surface area contributed by atoms with Gasteiger partial charge in [-0.1, -0.05) is 23.1 Å². The lowest BCUT2D eigenvalue weighted by Gasteiger charge is -2.21. The molecule has 0 saturated heterocycles. The third kappa shape index (κ3) is 4.61. The average molecular weight is 246 g/mol. The lowest BCUT2D eigenvalue weighted by atomic mass is 10.2. The summed E-state index contributed by atoms with van der Waals surface area (Å²) in [7, 11) is 0. The predicted octanol–water partition coefficient (Wildman–Crippen LogP) is 2.36. The summed E-state index contributed by atoms with van der Waals surface area (Å²) in [4.78, 5) is 11.6. The monoisotopic (exact) mass is 246 g/mol. The molecule has 6 heteroatoms. The maximum atomic E-state index is 11.6. The Morgan fingerprint density at radius 1 is 1.60 bits per heavy atom. The zero-order valence-corrected chi connectivity index (χ0v) is 10.8. The first-order valence-corrected chi connectivity index (χ1v) is 6.30. The van der Waals surface area contributed by atoms with E-state index in [9.17, 15) is 4.79 Å². The van der Waals surface area contributed by atoms with E-state index in [0.717, 1.165) is 4.34 Å². The zero-order chi connectivity index (χ0) is 11.5. The Morgan fingerprint density at radius 2 is 2.27 bits per heavy atom. The molecule has 0 aliphatic heterocycles. The summed E-state index contributed by atoms with van der Waals surface area (Å²) >= 11 is 2.79. The third-order valence-corrected chi connectivity index (χ3v) is 3.25. The normalized spacial score (nSPS) is 13.6. The van der Waals surface area contributed by atoms with Crippen LogP contribution in [0.15, 0.2) is 9.85 Å². The molecule has 1 unspecified atom stereocenters. The van der Waals surface area contributed by atoms with Gasteiger partial charge in [-0.05, 0) is 27.7 Å². The van der Waals surface area contributed by atoms with E-state index in [1.165, 1.54) is 23.1 Å². The van der Waals surface area contributed by atoms with E-state index in [0.29, 0.717) is 0 Å². The van der Waals surface area contributed by atoms with Gasteiger partial charge >= 0.3 is 5.97 Å². The van der Waals surface area contributed by atoms with Gasteiger partial charge < -0.3 is 4.74 Å². The van der Waals surface area contributed by atoms with Gasteiger partial charge in [-0.15, -0.1) is 10.2 Å². The molecule has 4 nitrogen and oxygen atoms in total. The van der Waals surface area contributed by atoms with Crippen molar-refractivity contribution in [2.75, 3.05) is 0 Å². The van der Waals surface area contributed by atoms with Crippen LogP contribution in [0.25, 0.3) is 0 Å². The van der Waals surface area contributed by atoms with E-state index in [1.54, 1.807) is 12.4 Å². The number of rotatable bonds is 3. The molecule has 0 fully saturated rings. The maximum Gasteiger partial charge on any atom is 0.319 e. The van der Waals surface area contributed by atoms with Crippen molar-refractivity contribution in [3.8, 4) is 0 Å². The Labute approximate surface area is 97.4 Å². The Balaban J connectivity index is 2.47. The fraction of sp³-hybridized carbons (Fsp3) is 0.667. The second-order valence-electron chi connectivity index (χ2n) is 4.00. The van der Waals surface area contributed by atoms with Crippen molar-refractivity contribution < 1.29 is 9.53 Å². The van der Waals surface area contributed by atoms with Crippen LogP contribution in [0.1, 0.15) is 27.7 Å². The Bertz CT molecular complexity index is 319. The number of hydrogen-bond acceptors (Lipinski definition) is 6. The van der Waals surface area contributed by atoms with Gasteiger partial charge in [0.1, 0.15) is 16.4 Å². The number of hydrogen-bond donors (Lipinski definition) is 0. The minimum absolute atomic E-state index is 0.220. The van der Waals surface area contributed by atoms with Crippen LogP contribution in [0.2, 0.25) is 0 Å². The minimum Gasteiger partial charge on any atom is -0.459 e. The van der Waals surface area contributed by atoms with Crippen LogP contribution in [0.3, 0.4) is 0 Å². The molecule has 1 aromatic rings. The second-order valence-corrected chi connectivity index (χ2v) is 6.42. The average Bonchev–Trinajstić information content (AvgIpc) is 2.53. The van der Waals surface area contributed by atoms with Crippen LogP contribution in [0, 0.1) is 0 Å². The summed E-state index contributed by atoms with van der Waals surface area (Å²) in [6.45, 7) is 7.37. The van der Waals surface area contributed by atoms with Crippen molar-refractivity contribution in [1.82, 2.24) is 10.2 Å².